The minimum atomic E-state index is -0.434. The van der Waals surface area contributed by atoms with Crippen molar-refractivity contribution < 1.29 is 14.3 Å². The lowest BCUT2D eigenvalue weighted by molar-refractivity contribution is -0.121. The van der Waals surface area contributed by atoms with Crippen molar-refractivity contribution in [1.29, 1.82) is 0 Å². The van der Waals surface area contributed by atoms with Crippen LogP contribution >= 0.6 is 0 Å². The highest BCUT2D eigenvalue weighted by molar-refractivity contribution is 5.88. The van der Waals surface area contributed by atoms with Gasteiger partial charge in [0.1, 0.15) is 0 Å². The van der Waals surface area contributed by atoms with E-state index in [2.05, 4.69) is 52.7 Å². The Morgan fingerprint density at radius 2 is 1.03 bits per heavy atom. The van der Waals surface area contributed by atoms with Gasteiger partial charge in [-0.25, -0.2) is 4.98 Å². The van der Waals surface area contributed by atoms with Gasteiger partial charge in [0.05, 0.1) is 41.7 Å². The topological polar surface area (TPSA) is 165 Å². The van der Waals surface area contributed by atoms with Gasteiger partial charge in [0, 0.05) is 79.1 Å². The summed E-state index contributed by atoms with van der Waals surface area (Å²) in [6, 6.07) is 42.6. The number of pyridine rings is 6. The second-order valence-electron chi connectivity index (χ2n) is 17.8. The van der Waals surface area contributed by atoms with Crippen LogP contribution in [-0.2, 0) is 46.4 Å². The third-order valence-electron chi connectivity index (χ3n) is 12.9. The van der Waals surface area contributed by atoms with Crippen molar-refractivity contribution in [2.75, 3.05) is 7.11 Å². The molecule has 346 valence electrons. The van der Waals surface area contributed by atoms with Gasteiger partial charge in [0.15, 0.2) is 11.6 Å². The summed E-state index contributed by atoms with van der Waals surface area (Å²) in [6.07, 6.45) is 19.2. The Labute approximate surface area is 401 Å². The lowest BCUT2D eigenvalue weighted by Gasteiger charge is -2.25. The van der Waals surface area contributed by atoms with Gasteiger partial charge in [0.25, 0.3) is 5.56 Å². The number of Topliss-reactive ketones (excluding diaryl/α,β-unsaturated/α-hetero) is 2. The molecule has 12 heteroatoms. The molecule has 0 aliphatic heterocycles. The third kappa shape index (κ3) is 11.7. The molecule has 2 aromatic carbocycles. The zero-order chi connectivity index (χ0) is 47.5. The highest BCUT2D eigenvalue weighted by Crippen LogP contribution is 2.46. The van der Waals surface area contributed by atoms with Crippen molar-refractivity contribution in [3.63, 3.8) is 0 Å². The molecule has 0 unspecified atom stereocenters. The van der Waals surface area contributed by atoms with E-state index < -0.39 is 6.04 Å². The number of hydrogen-bond acceptors (Lipinski definition) is 11. The molecule has 2 atom stereocenters. The van der Waals surface area contributed by atoms with Crippen molar-refractivity contribution in [3.05, 3.63) is 227 Å². The van der Waals surface area contributed by atoms with Gasteiger partial charge >= 0.3 is 0 Å². The van der Waals surface area contributed by atoms with Crippen LogP contribution in [0.1, 0.15) is 59.3 Å². The van der Waals surface area contributed by atoms with Crippen molar-refractivity contribution in [2.45, 2.75) is 74.5 Å². The first-order valence-corrected chi connectivity index (χ1v) is 23.4. The van der Waals surface area contributed by atoms with Crippen molar-refractivity contribution in [1.82, 2.24) is 40.5 Å². The Balaban J connectivity index is 0.000000172. The van der Waals surface area contributed by atoms with Crippen LogP contribution in [0.3, 0.4) is 0 Å². The summed E-state index contributed by atoms with van der Waals surface area (Å²) in [7, 11) is 1.59. The van der Waals surface area contributed by atoms with Gasteiger partial charge in [0.2, 0.25) is 5.88 Å². The van der Waals surface area contributed by atoms with Crippen molar-refractivity contribution >= 4 is 11.6 Å². The molecule has 2 aliphatic carbocycles. The van der Waals surface area contributed by atoms with E-state index in [4.69, 9.17) is 4.74 Å². The number of aromatic nitrogens is 6. The summed E-state index contributed by atoms with van der Waals surface area (Å²) >= 11 is 0. The number of carbonyl (C=O) groups is 2. The molecule has 0 saturated heterocycles. The highest BCUT2D eigenvalue weighted by atomic mass is 16.5. The standard InChI is InChI=1S/C29H28N4O2.C28H26N4O2/c1-35-28-23(18-24(20-32-28)22-10-15-30-16-11-22)19-26(34)25(17-21-7-3-2-4-8-21)33-29(12-13-29)27-9-5-6-14-31-27;33-25(18-22-17-23(19-31-27(22)34)21-9-14-29-15-10-21)24(16-20-6-2-1-3-7-20)32-28(11-12-28)26-8-4-5-13-30-26/h2-11,14-16,18,20,25,33H,12-13,17,19H2,1H3;1-10,13-15,17,19,24,32H,11-12,16,18H2,(H,31,34)/t25-;24-/m00/s1. The number of aromatic amines is 1. The minimum Gasteiger partial charge on any atom is -0.481 e. The van der Waals surface area contributed by atoms with Gasteiger partial charge in [-0.2, -0.15) is 0 Å². The van der Waals surface area contributed by atoms with Crippen LogP contribution in [0.4, 0.5) is 0 Å². The first-order valence-electron chi connectivity index (χ1n) is 23.4. The van der Waals surface area contributed by atoms with Crippen LogP contribution in [0, 0.1) is 0 Å². The molecular weight excluding hydrogens is 861 g/mol. The largest absolute Gasteiger partial charge is 0.481 e. The predicted octanol–water partition coefficient (Wildman–Crippen LogP) is 8.38. The van der Waals surface area contributed by atoms with Crippen LogP contribution in [0.2, 0.25) is 0 Å². The summed E-state index contributed by atoms with van der Waals surface area (Å²) < 4.78 is 5.51. The summed E-state index contributed by atoms with van der Waals surface area (Å²) in [4.78, 5) is 64.5. The van der Waals surface area contributed by atoms with E-state index in [0.29, 0.717) is 24.3 Å². The Hall–Kier alpha value is -7.80. The number of ether oxygens (including phenoxy) is 1. The van der Waals surface area contributed by atoms with Crippen molar-refractivity contribution in [3.8, 4) is 28.1 Å². The first kappa shape index (κ1) is 46.3. The SMILES string of the molecule is COc1ncc(-c2ccncc2)cc1CC(=O)[C@H](Cc1ccccc1)NC1(c2ccccn2)CC1.O=C(Cc1cc(-c2ccncc2)c[nH]c1=O)[C@H](Cc1ccccc1)NC1(c2ccccn2)CC1. The predicted molar refractivity (Wildman–Crippen MR) is 266 cm³/mol. The average molecular weight is 915 g/mol. The molecule has 0 bridgehead atoms. The van der Waals surface area contributed by atoms with Gasteiger partial charge in [-0.15, -0.1) is 0 Å². The summed E-state index contributed by atoms with van der Waals surface area (Å²) in [6.45, 7) is 0. The minimum absolute atomic E-state index is 0.0107. The smallest absolute Gasteiger partial charge is 0.251 e. The van der Waals surface area contributed by atoms with Crippen molar-refractivity contribution in [2.24, 2.45) is 0 Å². The van der Waals surface area contributed by atoms with Crippen LogP contribution in [-0.4, -0.2) is 60.7 Å². The van der Waals surface area contributed by atoms with Crippen LogP contribution in [0.15, 0.2) is 188 Å². The number of benzene rings is 2. The van der Waals surface area contributed by atoms with Gasteiger partial charge in [-0.05, 0) is 127 Å². The molecule has 3 N–H and O–H groups in total. The Bertz CT molecular complexity index is 3010. The number of H-pyrrole nitrogens is 1. The first-order chi connectivity index (χ1) is 33.8. The summed E-state index contributed by atoms with van der Waals surface area (Å²) in [5.74, 6) is 0.562. The fourth-order valence-electron chi connectivity index (χ4n) is 8.85. The lowest BCUT2D eigenvalue weighted by atomic mass is 9.95. The van der Waals surface area contributed by atoms with Gasteiger partial charge in [-0.3, -0.25) is 45.0 Å². The molecule has 10 rings (SSSR count). The molecule has 8 aromatic rings. The Kier molecular flexibility index (Phi) is 14.4. The fourth-order valence-corrected chi connectivity index (χ4v) is 8.85. The second kappa shape index (κ2) is 21.4. The molecule has 2 saturated carbocycles. The summed E-state index contributed by atoms with van der Waals surface area (Å²) in [5.41, 5.74) is 8.30. The Morgan fingerprint density at radius 3 is 1.49 bits per heavy atom. The van der Waals surface area contributed by atoms with Gasteiger partial charge < -0.3 is 9.72 Å². The van der Waals surface area contributed by atoms with E-state index in [1.165, 1.54) is 0 Å². The molecule has 69 heavy (non-hydrogen) atoms. The zero-order valence-corrected chi connectivity index (χ0v) is 38.5. The molecular formula is C57H54N8O4. The molecule has 6 aromatic heterocycles. The van der Waals surface area contributed by atoms with E-state index >= 15 is 0 Å². The average Bonchev–Trinajstić information content (AvgIpc) is 4.36. The Morgan fingerprint density at radius 1 is 0.565 bits per heavy atom. The summed E-state index contributed by atoms with van der Waals surface area (Å²) in [5, 5.41) is 7.31. The number of methoxy groups -OCH3 is 1. The zero-order valence-electron chi connectivity index (χ0n) is 38.5. The molecule has 6 heterocycles. The van der Waals surface area contributed by atoms with Crippen LogP contribution in [0.25, 0.3) is 22.3 Å². The van der Waals surface area contributed by atoms with E-state index in [-0.39, 0.29) is 47.1 Å². The second-order valence-corrected chi connectivity index (χ2v) is 17.8. The maximum absolute atomic E-state index is 13.8. The quantitative estimate of drug-likeness (QED) is 0.0714. The fraction of sp³-hybridized carbons (Fsp3) is 0.228. The number of hydrogen-bond donors (Lipinski definition) is 3. The third-order valence-corrected chi connectivity index (χ3v) is 12.9. The lowest BCUT2D eigenvalue weighted by Crippen LogP contribution is -2.46. The van der Waals surface area contributed by atoms with Crippen LogP contribution in [0.5, 0.6) is 5.88 Å². The number of carbonyl (C=O) groups excluding carboxylic acids is 2. The maximum atomic E-state index is 13.8. The van der Waals surface area contributed by atoms with Crippen LogP contribution < -0.4 is 20.9 Å². The van der Waals surface area contributed by atoms with E-state index in [0.717, 1.165) is 76.0 Å². The van der Waals surface area contributed by atoms with E-state index in [1.54, 1.807) is 56.6 Å². The molecule has 2 aliphatic rings. The van der Waals surface area contributed by atoms with E-state index in [9.17, 15) is 14.4 Å². The number of nitrogens with zero attached hydrogens (tertiary/aromatic N) is 5. The number of rotatable bonds is 19. The molecule has 0 radical (unpaired) electrons. The normalized spacial score (nSPS) is 14.9. The molecule has 2 fully saturated rings. The van der Waals surface area contributed by atoms with Gasteiger partial charge in [-0.1, -0.05) is 72.8 Å². The maximum Gasteiger partial charge on any atom is 0.251 e. The monoisotopic (exact) mass is 914 g/mol. The molecule has 12 nitrogen and oxygen atoms in total. The number of ketones is 2. The highest BCUT2D eigenvalue weighted by Gasteiger charge is 2.48. The van der Waals surface area contributed by atoms with E-state index in [1.807, 2.05) is 121 Å². The molecule has 0 amide bonds. The molecule has 0 spiro atoms. The number of nitrogens with one attached hydrogen (secondary N) is 3.